The minimum atomic E-state index is -3.08. The normalized spacial score (nSPS) is 19.3. The number of hydrogen-bond acceptors (Lipinski definition) is 5. The number of nitrogens with zero attached hydrogens (tertiary/aromatic N) is 2. The van der Waals surface area contributed by atoms with Crippen molar-refractivity contribution >= 4 is 15.7 Å². The van der Waals surface area contributed by atoms with Gasteiger partial charge in [-0.05, 0) is 19.5 Å². The van der Waals surface area contributed by atoms with Crippen LogP contribution in [0.5, 0.6) is 0 Å². The third-order valence-electron chi connectivity index (χ3n) is 4.31. The fourth-order valence-electron chi connectivity index (χ4n) is 3.02. The Morgan fingerprint density at radius 1 is 1.36 bits per heavy atom. The molecule has 25 heavy (non-hydrogen) atoms. The van der Waals surface area contributed by atoms with Gasteiger partial charge in [-0.15, -0.1) is 0 Å². The number of rotatable bonds is 8. The Hall–Kier alpha value is -1.51. The van der Waals surface area contributed by atoms with E-state index in [1.54, 1.807) is 42.2 Å². The minimum absolute atomic E-state index is 0.000514. The molecule has 1 unspecified atom stereocenters. The second-order valence-corrected chi connectivity index (χ2v) is 8.63. The van der Waals surface area contributed by atoms with Gasteiger partial charge in [0.15, 0.2) is 9.84 Å². The summed E-state index contributed by atoms with van der Waals surface area (Å²) in [6.07, 6.45) is 0.453. The number of benzene rings is 1. The Labute approximate surface area is 148 Å². The van der Waals surface area contributed by atoms with Gasteiger partial charge < -0.3 is 9.64 Å². The summed E-state index contributed by atoms with van der Waals surface area (Å²) in [5.74, 6) is -0.364. The molecule has 6 nitrogen and oxygen atoms in total. The van der Waals surface area contributed by atoms with Crippen molar-refractivity contribution in [3.8, 4) is 0 Å². The molecule has 1 heterocycles. The van der Waals surface area contributed by atoms with E-state index in [0.29, 0.717) is 31.7 Å². The quantitative estimate of drug-likeness (QED) is 0.679. The molecule has 0 spiro atoms. The molecule has 1 saturated heterocycles. The Kier molecular flexibility index (Phi) is 6.92. The van der Waals surface area contributed by atoms with E-state index in [9.17, 15) is 17.6 Å². The molecule has 0 radical (unpaired) electrons. The number of carbonyl (C=O) groups is 1. The predicted octanol–water partition coefficient (Wildman–Crippen LogP) is 0.920. The summed E-state index contributed by atoms with van der Waals surface area (Å²) in [4.78, 5) is 16.0. The van der Waals surface area contributed by atoms with E-state index in [-0.39, 0.29) is 35.8 Å². The molecule has 8 heteroatoms. The maximum absolute atomic E-state index is 13.7. The highest BCUT2D eigenvalue weighted by molar-refractivity contribution is 7.91. The average Bonchev–Trinajstić information content (AvgIpc) is 2.89. The predicted molar refractivity (Wildman–Crippen MR) is 93.4 cm³/mol. The van der Waals surface area contributed by atoms with Crippen LogP contribution in [-0.4, -0.2) is 75.5 Å². The third kappa shape index (κ3) is 5.76. The molecular weight excluding hydrogens is 347 g/mol. The highest BCUT2D eigenvalue weighted by atomic mass is 32.2. The zero-order valence-corrected chi connectivity index (χ0v) is 15.5. The molecule has 1 aliphatic heterocycles. The van der Waals surface area contributed by atoms with Gasteiger partial charge in [-0.3, -0.25) is 9.69 Å². The smallest absolute Gasteiger partial charge is 0.237 e. The van der Waals surface area contributed by atoms with Gasteiger partial charge in [-0.25, -0.2) is 12.8 Å². The first kappa shape index (κ1) is 19.8. The van der Waals surface area contributed by atoms with Gasteiger partial charge in [0.1, 0.15) is 5.82 Å². The summed E-state index contributed by atoms with van der Waals surface area (Å²) in [6, 6.07) is 6.13. The average molecular weight is 372 g/mol. The number of sulfone groups is 1. The zero-order valence-electron chi connectivity index (χ0n) is 14.7. The van der Waals surface area contributed by atoms with Gasteiger partial charge in [0, 0.05) is 31.8 Å². The topological polar surface area (TPSA) is 66.9 Å². The van der Waals surface area contributed by atoms with Crippen molar-refractivity contribution in [2.75, 3.05) is 45.4 Å². The minimum Gasteiger partial charge on any atom is -0.383 e. The fourth-order valence-corrected chi connectivity index (χ4v) is 4.75. The SMILES string of the molecule is COCCN(C(=O)CN(C)Cc1ccccc1F)C1CCS(=O)(=O)C1. The van der Waals surface area contributed by atoms with Gasteiger partial charge >= 0.3 is 0 Å². The lowest BCUT2D eigenvalue weighted by Crippen LogP contribution is -2.47. The van der Waals surface area contributed by atoms with Gasteiger partial charge in [0.25, 0.3) is 0 Å². The molecule has 0 bridgehead atoms. The molecule has 0 aliphatic carbocycles. The molecule has 0 N–H and O–H groups in total. The molecule has 0 saturated carbocycles. The van der Waals surface area contributed by atoms with Crippen molar-refractivity contribution in [1.29, 1.82) is 0 Å². The standard InChI is InChI=1S/C17H25FN2O4S/c1-19(11-14-5-3-4-6-16(14)18)12-17(21)20(8-9-24-2)15-7-10-25(22,23)13-15/h3-6,15H,7-13H2,1-2H3. The molecule has 2 rings (SSSR count). The Bertz CT molecular complexity index is 696. The van der Waals surface area contributed by atoms with Crippen LogP contribution in [0.3, 0.4) is 0 Å². The van der Waals surface area contributed by atoms with Crippen LogP contribution in [-0.2, 0) is 25.9 Å². The van der Waals surface area contributed by atoms with E-state index in [1.165, 1.54) is 6.07 Å². The van der Waals surface area contributed by atoms with Crippen LogP contribution in [0.1, 0.15) is 12.0 Å². The van der Waals surface area contributed by atoms with E-state index >= 15 is 0 Å². The Morgan fingerprint density at radius 2 is 2.08 bits per heavy atom. The number of amides is 1. The van der Waals surface area contributed by atoms with Crippen LogP contribution in [0.4, 0.5) is 4.39 Å². The number of methoxy groups -OCH3 is 1. The van der Waals surface area contributed by atoms with Crippen molar-refractivity contribution < 1.29 is 22.3 Å². The van der Waals surface area contributed by atoms with E-state index in [0.717, 1.165) is 0 Å². The number of likely N-dealkylation sites (N-methyl/N-ethyl adjacent to an activating group) is 1. The second kappa shape index (κ2) is 8.73. The van der Waals surface area contributed by atoms with Crippen LogP contribution in [0, 0.1) is 5.82 Å². The van der Waals surface area contributed by atoms with Crippen LogP contribution < -0.4 is 0 Å². The van der Waals surface area contributed by atoms with Crippen molar-refractivity contribution in [2.24, 2.45) is 0 Å². The Morgan fingerprint density at radius 3 is 2.68 bits per heavy atom. The van der Waals surface area contributed by atoms with E-state index in [2.05, 4.69) is 0 Å². The van der Waals surface area contributed by atoms with Gasteiger partial charge in [-0.1, -0.05) is 18.2 Å². The zero-order chi connectivity index (χ0) is 18.4. The van der Waals surface area contributed by atoms with Crippen molar-refractivity contribution in [1.82, 2.24) is 9.80 Å². The largest absolute Gasteiger partial charge is 0.383 e. The summed E-state index contributed by atoms with van der Waals surface area (Å²) in [7, 11) is 0.201. The summed E-state index contributed by atoms with van der Waals surface area (Å²) in [6.45, 7) is 1.09. The maximum atomic E-state index is 13.7. The summed E-state index contributed by atoms with van der Waals surface area (Å²) in [5, 5.41) is 0. The van der Waals surface area contributed by atoms with Gasteiger partial charge in [0.05, 0.1) is 24.7 Å². The first-order valence-corrected chi connectivity index (χ1v) is 10.1. The van der Waals surface area contributed by atoms with Crippen LogP contribution in [0.2, 0.25) is 0 Å². The first-order chi connectivity index (χ1) is 11.8. The van der Waals surface area contributed by atoms with E-state index < -0.39 is 9.84 Å². The molecule has 1 aromatic rings. The molecule has 0 aromatic heterocycles. The van der Waals surface area contributed by atoms with Gasteiger partial charge in [-0.2, -0.15) is 0 Å². The lowest BCUT2D eigenvalue weighted by atomic mass is 10.2. The monoisotopic (exact) mass is 372 g/mol. The molecule has 1 amide bonds. The summed E-state index contributed by atoms with van der Waals surface area (Å²) in [5.41, 5.74) is 0.518. The summed E-state index contributed by atoms with van der Waals surface area (Å²) >= 11 is 0. The number of carbonyl (C=O) groups excluding carboxylic acids is 1. The molecule has 1 fully saturated rings. The van der Waals surface area contributed by atoms with Gasteiger partial charge in [0.2, 0.25) is 5.91 Å². The highest BCUT2D eigenvalue weighted by Gasteiger charge is 2.34. The van der Waals surface area contributed by atoms with Crippen LogP contribution >= 0.6 is 0 Å². The lowest BCUT2D eigenvalue weighted by Gasteiger charge is -2.30. The molecule has 1 aliphatic rings. The first-order valence-electron chi connectivity index (χ1n) is 8.23. The molecular formula is C17H25FN2O4S. The lowest BCUT2D eigenvalue weighted by molar-refractivity contribution is -0.134. The number of ether oxygens (including phenoxy) is 1. The van der Waals surface area contributed by atoms with E-state index in [4.69, 9.17) is 4.74 Å². The van der Waals surface area contributed by atoms with Crippen LogP contribution in [0.15, 0.2) is 24.3 Å². The van der Waals surface area contributed by atoms with Crippen LogP contribution in [0.25, 0.3) is 0 Å². The third-order valence-corrected chi connectivity index (χ3v) is 6.06. The second-order valence-electron chi connectivity index (χ2n) is 6.40. The maximum Gasteiger partial charge on any atom is 0.237 e. The highest BCUT2D eigenvalue weighted by Crippen LogP contribution is 2.18. The molecule has 140 valence electrons. The Balaban J connectivity index is 1.99. The molecule has 1 atom stereocenters. The van der Waals surface area contributed by atoms with E-state index in [1.807, 2.05) is 0 Å². The van der Waals surface area contributed by atoms with Crippen molar-refractivity contribution in [3.05, 3.63) is 35.6 Å². The number of hydrogen-bond donors (Lipinski definition) is 0. The number of halogens is 1. The van der Waals surface area contributed by atoms with Crippen molar-refractivity contribution in [3.63, 3.8) is 0 Å². The fraction of sp³-hybridized carbons (Fsp3) is 0.588. The molecule has 1 aromatic carbocycles. The summed E-state index contributed by atoms with van der Waals surface area (Å²) < 4.78 is 42.2. The van der Waals surface area contributed by atoms with Crippen molar-refractivity contribution in [2.45, 2.75) is 19.0 Å².